The number of thioether (sulfide) groups is 1. The van der Waals surface area contributed by atoms with Gasteiger partial charge in [0.2, 0.25) is 5.91 Å². The van der Waals surface area contributed by atoms with Crippen molar-refractivity contribution >= 4 is 35.0 Å². The van der Waals surface area contributed by atoms with E-state index in [1.807, 2.05) is 18.2 Å². The van der Waals surface area contributed by atoms with Gasteiger partial charge in [-0.1, -0.05) is 17.7 Å². The number of carbonyl (C=O) groups is 1. The first-order valence-electron chi connectivity index (χ1n) is 4.94. The largest absolute Gasteiger partial charge is 0.325 e. The molecule has 1 N–H and O–H groups in total. The lowest BCUT2D eigenvalue weighted by atomic mass is 10.1. The van der Waals surface area contributed by atoms with E-state index in [0.717, 1.165) is 34.2 Å². The molecule has 3 rings (SSSR count). The van der Waals surface area contributed by atoms with E-state index in [1.165, 1.54) is 0 Å². The fraction of sp³-hybridized carbons (Fsp3) is 0.364. The van der Waals surface area contributed by atoms with E-state index in [4.69, 9.17) is 11.6 Å². The van der Waals surface area contributed by atoms with Crippen molar-refractivity contribution < 1.29 is 4.79 Å². The van der Waals surface area contributed by atoms with Crippen LogP contribution in [0.5, 0.6) is 0 Å². The molecule has 0 bridgehead atoms. The summed E-state index contributed by atoms with van der Waals surface area (Å²) in [5, 5.41) is 3.70. The van der Waals surface area contributed by atoms with Crippen molar-refractivity contribution in [2.24, 2.45) is 5.41 Å². The number of amides is 1. The summed E-state index contributed by atoms with van der Waals surface area (Å²) in [4.78, 5) is 12.9. The van der Waals surface area contributed by atoms with Crippen LogP contribution >= 0.6 is 23.4 Å². The Morgan fingerprint density at radius 2 is 2.20 bits per heavy atom. The normalized spacial score (nSPS) is 21.8. The second kappa shape index (κ2) is 3.16. The van der Waals surface area contributed by atoms with E-state index in [0.29, 0.717) is 0 Å². The molecule has 1 aliphatic heterocycles. The average molecular weight is 240 g/mol. The van der Waals surface area contributed by atoms with Gasteiger partial charge < -0.3 is 5.32 Å². The maximum atomic E-state index is 11.9. The molecule has 0 saturated heterocycles. The minimum Gasteiger partial charge on any atom is -0.325 e. The predicted octanol–water partition coefficient (Wildman–Crippen LogP) is 3.16. The van der Waals surface area contributed by atoms with Gasteiger partial charge in [0.25, 0.3) is 0 Å². The lowest BCUT2D eigenvalue weighted by Crippen LogP contribution is -2.24. The molecule has 1 saturated carbocycles. The number of fused-ring (bicyclic) bond motifs is 1. The highest BCUT2D eigenvalue weighted by molar-refractivity contribution is 7.99. The summed E-state index contributed by atoms with van der Waals surface area (Å²) in [6, 6.07) is 5.64. The van der Waals surface area contributed by atoms with Gasteiger partial charge in [-0.3, -0.25) is 4.79 Å². The lowest BCUT2D eigenvalue weighted by Gasteiger charge is -2.08. The standard InChI is InChI=1S/C11H10ClNOS/c12-7-2-1-3-8-9(7)15-6-11(4-5-11)10(14)13-8/h1-3H,4-6H2,(H,13,14). The molecular weight excluding hydrogens is 230 g/mol. The third-order valence-corrected chi connectivity index (χ3v) is 4.90. The number of rotatable bonds is 0. The van der Waals surface area contributed by atoms with E-state index >= 15 is 0 Å². The van der Waals surface area contributed by atoms with Gasteiger partial charge in [-0.25, -0.2) is 0 Å². The first kappa shape index (κ1) is 9.55. The minimum absolute atomic E-state index is 0.104. The van der Waals surface area contributed by atoms with Gasteiger partial charge in [-0.15, -0.1) is 11.8 Å². The topological polar surface area (TPSA) is 29.1 Å². The van der Waals surface area contributed by atoms with Crippen molar-refractivity contribution in [1.29, 1.82) is 0 Å². The average Bonchev–Trinajstić information content (AvgIpc) is 2.98. The van der Waals surface area contributed by atoms with Crippen LogP contribution in [-0.2, 0) is 4.79 Å². The zero-order chi connectivity index (χ0) is 10.5. The highest BCUT2D eigenvalue weighted by Gasteiger charge is 2.51. The zero-order valence-electron chi connectivity index (χ0n) is 8.05. The van der Waals surface area contributed by atoms with Crippen molar-refractivity contribution in [3.63, 3.8) is 0 Å². The van der Waals surface area contributed by atoms with Gasteiger partial charge in [0.15, 0.2) is 0 Å². The van der Waals surface area contributed by atoms with Gasteiger partial charge in [-0.2, -0.15) is 0 Å². The Hall–Kier alpha value is -0.670. The van der Waals surface area contributed by atoms with Crippen molar-refractivity contribution in [3.8, 4) is 0 Å². The molecule has 1 spiro atoms. The number of anilines is 1. The monoisotopic (exact) mass is 239 g/mol. The molecule has 15 heavy (non-hydrogen) atoms. The van der Waals surface area contributed by atoms with Gasteiger partial charge in [0.1, 0.15) is 0 Å². The van der Waals surface area contributed by atoms with Crippen molar-refractivity contribution in [2.45, 2.75) is 17.7 Å². The van der Waals surface area contributed by atoms with Gasteiger partial charge >= 0.3 is 0 Å². The molecule has 2 aliphatic rings. The Morgan fingerprint density at radius 1 is 1.40 bits per heavy atom. The van der Waals surface area contributed by atoms with Crippen LogP contribution in [0.1, 0.15) is 12.8 Å². The molecule has 1 heterocycles. The zero-order valence-corrected chi connectivity index (χ0v) is 9.62. The summed E-state index contributed by atoms with van der Waals surface area (Å²) >= 11 is 7.80. The van der Waals surface area contributed by atoms with E-state index in [-0.39, 0.29) is 11.3 Å². The van der Waals surface area contributed by atoms with Crippen LogP contribution in [0.3, 0.4) is 0 Å². The molecule has 1 aliphatic carbocycles. The molecular formula is C11H10ClNOS. The maximum absolute atomic E-state index is 11.9. The summed E-state index contributed by atoms with van der Waals surface area (Å²) < 4.78 is 0. The van der Waals surface area contributed by atoms with Gasteiger partial charge in [0, 0.05) is 10.6 Å². The minimum atomic E-state index is -0.104. The predicted molar refractivity (Wildman–Crippen MR) is 62.5 cm³/mol. The third kappa shape index (κ3) is 1.45. The van der Waals surface area contributed by atoms with E-state index in [9.17, 15) is 4.79 Å². The molecule has 4 heteroatoms. The second-order valence-electron chi connectivity index (χ2n) is 4.14. The summed E-state index contributed by atoms with van der Waals surface area (Å²) in [6.45, 7) is 0. The Kier molecular flexibility index (Phi) is 2.01. The van der Waals surface area contributed by atoms with Crippen LogP contribution in [0.4, 0.5) is 5.69 Å². The smallest absolute Gasteiger partial charge is 0.231 e. The van der Waals surface area contributed by atoms with Crippen molar-refractivity contribution in [3.05, 3.63) is 23.2 Å². The van der Waals surface area contributed by atoms with Crippen LogP contribution in [-0.4, -0.2) is 11.7 Å². The quantitative estimate of drug-likeness (QED) is 0.754. The maximum Gasteiger partial charge on any atom is 0.231 e. The first-order chi connectivity index (χ1) is 7.21. The number of benzene rings is 1. The SMILES string of the molecule is O=C1Nc2cccc(Cl)c2SCC12CC2. The van der Waals surface area contributed by atoms with Crippen LogP contribution in [0.2, 0.25) is 5.02 Å². The molecule has 1 aromatic carbocycles. The van der Waals surface area contributed by atoms with Crippen LogP contribution in [0, 0.1) is 5.41 Å². The van der Waals surface area contributed by atoms with E-state index in [1.54, 1.807) is 11.8 Å². The first-order valence-corrected chi connectivity index (χ1v) is 6.30. The summed E-state index contributed by atoms with van der Waals surface area (Å²) in [6.07, 6.45) is 2.02. The Labute approximate surface area is 97.4 Å². The fourth-order valence-electron chi connectivity index (χ4n) is 1.81. The van der Waals surface area contributed by atoms with Crippen molar-refractivity contribution in [1.82, 2.24) is 0 Å². The van der Waals surface area contributed by atoms with Gasteiger partial charge in [0.05, 0.1) is 16.1 Å². The third-order valence-electron chi connectivity index (χ3n) is 3.04. The second-order valence-corrected chi connectivity index (χ2v) is 5.53. The molecule has 0 atom stereocenters. The molecule has 78 valence electrons. The number of hydrogen-bond acceptors (Lipinski definition) is 2. The summed E-state index contributed by atoms with van der Waals surface area (Å²) in [5.41, 5.74) is 0.758. The summed E-state index contributed by atoms with van der Waals surface area (Å²) in [7, 11) is 0. The number of carbonyl (C=O) groups excluding carboxylic acids is 1. The number of halogens is 1. The van der Waals surface area contributed by atoms with Crippen LogP contribution < -0.4 is 5.32 Å². The molecule has 1 aromatic rings. The molecule has 0 radical (unpaired) electrons. The van der Waals surface area contributed by atoms with E-state index in [2.05, 4.69) is 5.32 Å². The van der Waals surface area contributed by atoms with Crippen molar-refractivity contribution in [2.75, 3.05) is 11.1 Å². The molecule has 2 nitrogen and oxygen atoms in total. The van der Waals surface area contributed by atoms with E-state index < -0.39 is 0 Å². The molecule has 1 fully saturated rings. The molecule has 0 unspecified atom stereocenters. The highest BCUT2D eigenvalue weighted by Crippen LogP contribution is 2.53. The number of nitrogens with one attached hydrogen (secondary N) is 1. The van der Waals surface area contributed by atoms with Gasteiger partial charge in [-0.05, 0) is 25.0 Å². The Bertz CT molecular complexity index is 442. The van der Waals surface area contributed by atoms with Crippen LogP contribution in [0.25, 0.3) is 0 Å². The van der Waals surface area contributed by atoms with Crippen LogP contribution in [0.15, 0.2) is 23.1 Å². The fourth-order valence-corrected chi connectivity index (χ4v) is 3.47. The molecule has 1 amide bonds. The Morgan fingerprint density at radius 3 is 2.93 bits per heavy atom. The summed E-state index contributed by atoms with van der Waals surface area (Å²) in [5.74, 6) is 1.02. The molecule has 0 aromatic heterocycles. The Balaban J connectivity index is 2.04. The highest BCUT2D eigenvalue weighted by atomic mass is 35.5. The lowest BCUT2D eigenvalue weighted by molar-refractivity contribution is -0.120. The number of hydrogen-bond donors (Lipinski definition) is 1.